The van der Waals surface area contributed by atoms with Gasteiger partial charge in [-0.1, -0.05) is 0 Å². The van der Waals surface area contributed by atoms with E-state index in [1.165, 1.54) is 13.8 Å². The first kappa shape index (κ1) is 7.40. The van der Waals surface area contributed by atoms with E-state index in [1.54, 1.807) is 0 Å². The van der Waals surface area contributed by atoms with Gasteiger partial charge in [0.25, 0.3) is 0 Å². The lowest BCUT2D eigenvalue weighted by atomic mass is 10.5. The summed E-state index contributed by atoms with van der Waals surface area (Å²) in [5.41, 5.74) is 0. The first-order valence-corrected chi connectivity index (χ1v) is 4.22. The second kappa shape index (κ2) is 1.66. The van der Waals surface area contributed by atoms with Crippen LogP contribution in [-0.4, -0.2) is 13.4 Å². The topological polar surface area (TPSA) is 66.4 Å². The first-order valence-electron chi connectivity index (χ1n) is 2.67. The molecule has 1 heterocycles. The van der Waals surface area contributed by atoms with Crippen LogP contribution in [0.2, 0.25) is 0 Å². The van der Waals surface area contributed by atoms with Crippen molar-refractivity contribution in [2.45, 2.75) is 18.8 Å². The van der Waals surface area contributed by atoms with Gasteiger partial charge in [-0.2, -0.15) is 0 Å². The number of rotatable bonds is 0. The van der Waals surface area contributed by atoms with Crippen LogP contribution in [0.25, 0.3) is 0 Å². The molecule has 1 aliphatic heterocycles. The van der Waals surface area contributed by atoms with Gasteiger partial charge in [0.05, 0.1) is 11.4 Å². The van der Waals surface area contributed by atoms with Crippen molar-refractivity contribution in [1.29, 1.82) is 0 Å². The van der Waals surface area contributed by atoms with Crippen molar-refractivity contribution >= 4 is 9.84 Å². The van der Waals surface area contributed by atoms with Gasteiger partial charge in [-0.25, -0.2) is 8.42 Å². The van der Waals surface area contributed by atoms with Crippen LogP contribution in [0.4, 0.5) is 0 Å². The normalized spacial score (nSPS) is 27.2. The average Bonchev–Trinajstić information content (AvgIpc) is 1.73. The molecule has 0 aromatic rings. The molecule has 0 aromatic heterocycles. The zero-order valence-corrected chi connectivity index (χ0v) is 6.44. The molecule has 0 bridgehead atoms. The quantitative estimate of drug-likeness (QED) is 0.475. The Kier molecular flexibility index (Phi) is 1.23. The predicted octanol–water partition coefficient (Wildman–Crippen LogP) is -0.673. The van der Waals surface area contributed by atoms with Crippen molar-refractivity contribution in [3.63, 3.8) is 0 Å². The standard InChI is InChI=1S/C5H8O4S/c1-5(2)9-4(6)3-10(5,7)8/h3,6H,1-2H3/p-1. The molecule has 1 aliphatic rings. The monoisotopic (exact) mass is 163 g/mol. The summed E-state index contributed by atoms with van der Waals surface area (Å²) in [5, 5.41) is 11.0. The molecule has 0 amide bonds. The fraction of sp³-hybridized carbons (Fsp3) is 0.600. The Bertz CT molecular complexity index is 272. The van der Waals surface area contributed by atoms with Crippen LogP contribution < -0.4 is 5.11 Å². The lowest BCUT2D eigenvalue weighted by Gasteiger charge is -2.25. The minimum absolute atomic E-state index is 0.604. The smallest absolute Gasteiger partial charge is 0.188 e. The van der Waals surface area contributed by atoms with Gasteiger partial charge in [0.2, 0.25) is 0 Å². The molecule has 0 spiro atoms. The van der Waals surface area contributed by atoms with E-state index in [2.05, 4.69) is 4.74 Å². The zero-order chi connectivity index (χ0) is 7.99. The van der Waals surface area contributed by atoms with Gasteiger partial charge in [-0.15, -0.1) is 0 Å². The highest BCUT2D eigenvalue weighted by Gasteiger charge is 2.33. The number of hydrogen-bond acceptors (Lipinski definition) is 4. The summed E-state index contributed by atoms with van der Waals surface area (Å²) in [6, 6.07) is 0. The molecule has 0 saturated heterocycles. The maximum absolute atomic E-state index is 10.9. The predicted molar refractivity (Wildman–Crippen MR) is 32.2 cm³/mol. The van der Waals surface area contributed by atoms with Gasteiger partial charge >= 0.3 is 0 Å². The fourth-order valence-electron chi connectivity index (χ4n) is 0.593. The molecule has 1 rings (SSSR count). The van der Waals surface area contributed by atoms with Crippen LogP contribution in [-0.2, 0) is 14.6 Å². The van der Waals surface area contributed by atoms with Crippen LogP contribution in [0, 0.1) is 0 Å². The zero-order valence-electron chi connectivity index (χ0n) is 5.62. The van der Waals surface area contributed by atoms with Crippen molar-refractivity contribution < 1.29 is 18.3 Å². The molecular weight excluding hydrogens is 156 g/mol. The van der Waals surface area contributed by atoms with Crippen LogP contribution in [0.3, 0.4) is 0 Å². The van der Waals surface area contributed by atoms with Gasteiger partial charge in [0.1, 0.15) is 4.93 Å². The summed E-state index contributed by atoms with van der Waals surface area (Å²) in [6.45, 7) is 2.67. The van der Waals surface area contributed by atoms with Gasteiger partial charge in [0, 0.05) is 0 Å². The molecule has 58 valence electrons. The maximum atomic E-state index is 10.9. The van der Waals surface area contributed by atoms with Crippen molar-refractivity contribution in [3.8, 4) is 0 Å². The summed E-state index contributed by atoms with van der Waals surface area (Å²) in [6.07, 6.45) is 0. The minimum atomic E-state index is -3.47. The lowest BCUT2D eigenvalue weighted by Crippen LogP contribution is -2.28. The molecule has 0 aromatic carbocycles. The second-order valence-corrected chi connectivity index (χ2v) is 4.79. The number of ether oxygens (including phenoxy) is 1. The lowest BCUT2D eigenvalue weighted by molar-refractivity contribution is -0.361. The highest BCUT2D eigenvalue weighted by Crippen LogP contribution is 2.28. The number of sulfone groups is 1. The Balaban J connectivity index is 3.17. The van der Waals surface area contributed by atoms with Crippen molar-refractivity contribution in [2.75, 3.05) is 0 Å². The molecule has 0 atom stereocenters. The Morgan fingerprint density at radius 2 is 2.10 bits per heavy atom. The van der Waals surface area contributed by atoms with Crippen molar-refractivity contribution in [2.24, 2.45) is 0 Å². The summed E-state index contributed by atoms with van der Waals surface area (Å²) in [7, 11) is -3.47. The Morgan fingerprint density at radius 1 is 1.60 bits per heavy atom. The third kappa shape index (κ3) is 0.862. The van der Waals surface area contributed by atoms with Crippen LogP contribution in [0.1, 0.15) is 13.8 Å². The third-order valence-electron chi connectivity index (χ3n) is 1.28. The Morgan fingerprint density at radius 3 is 2.20 bits per heavy atom. The van der Waals surface area contributed by atoms with E-state index < -0.39 is 20.7 Å². The molecule has 5 heteroatoms. The van der Waals surface area contributed by atoms with Gasteiger partial charge in [0.15, 0.2) is 9.84 Å². The summed E-state index contributed by atoms with van der Waals surface area (Å²) in [5.74, 6) is -0.787. The largest absolute Gasteiger partial charge is 0.591 e. The van der Waals surface area contributed by atoms with Gasteiger partial charge in [-0.3, -0.25) is 0 Å². The Hall–Kier alpha value is -0.710. The van der Waals surface area contributed by atoms with E-state index >= 15 is 0 Å². The average molecular weight is 163 g/mol. The molecule has 0 fully saturated rings. The molecule has 0 aliphatic carbocycles. The van der Waals surface area contributed by atoms with E-state index in [1.807, 2.05) is 0 Å². The van der Waals surface area contributed by atoms with Crippen LogP contribution in [0.15, 0.2) is 11.4 Å². The van der Waals surface area contributed by atoms with E-state index in [9.17, 15) is 13.5 Å². The van der Waals surface area contributed by atoms with E-state index in [0.717, 1.165) is 0 Å². The van der Waals surface area contributed by atoms with Crippen molar-refractivity contribution in [3.05, 3.63) is 11.4 Å². The second-order valence-electron chi connectivity index (χ2n) is 2.48. The van der Waals surface area contributed by atoms with Crippen LogP contribution >= 0.6 is 0 Å². The van der Waals surface area contributed by atoms with Gasteiger partial charge < -0.3 is 9.84 Å². The fourth-order valence-corrected chi connectivity index (χ4v) is 1.38. The minimum Gasteiger partial charge on any atom is -0.591 e. The SMILES string of the molecule is CC1(C)OC([O-])=CS1(=O)=O. The summed E-state index contributed by atoms with van der Waals surface area (Å²) < 4.78 is 26.3. The van der Waals surface area contributed by atoms with E-state index in [0.29, 0.717) is 5.41 Å². The molecular formula is C5H7O4S-. The number of hydrogen-bond donors (Lipinski definition) is 0. The first-order chi connectivity index (χ1) is 4.35. The molecule has 4 nitrogen and oxygen atoms in total. The third-order valence-corrected chi connectivity index (χ3v) is 3.24. The summed E-state index contributed by atoms with van der Waals surface area (Å²) in [4.78, 5) is -1.37. The highest BCUT2D eigenvalue weighted by atomic mass is 32.2. The maximum Gasteiger partial charge on any atom is 0.188 e. The summed E-state index contributed by atoms with van der Waals surface area (Å²) >= 11 is 0. The molecule has 10 heavy (non-hydrogen) atoms. The molecule has 0 unspecified atom stereocenters. The van der Waals surface area contributed by atoms with E-state index in [-0.39, 0.29) is 0 Å². The van der Waals surface area contributed by atoms with E-state index in [4.69, 9.17) is 0 Å². The van der Waals surface area contributed by atoms with Crippen LogP contribution in [0.5, 0.6) is 0 Å². The highest BCUT2D eigenvalue weighted by molar-refractivity contribution is 7.95. The molecule has 0 saturated carbocycles. The Labute approximate surface area is 59.0 Å². The molecule has 0 N–H and O–H groups in total. The molecule has 0 radical (unpaired) electrons. The van der Waals surface area contributed by atoms with Crippen molar-refractivity contribution in [1.82, 2.24) is 0 Å². The van der Waals surface area contributed by atoms with Gasteiger partial charge in [-0.05, 0) is 13.8 Å².